The van der Waals surface area contributed by atoms with Gasteiger partial charge in [0.15, 0.2) is 9.84 Å². The third-order valence-electron chi connectivity index (χ3n) is 3.85. The van der Waals surface area contributed by atoms with E-state index in [0.717, 1.165) is 5.56 Å². The summed E-state index contributed by atoms with van der Waals surface area (Å²) < 4.78 is 22.7. The predicted octanol–water partition coefficient (Wildman–Crippen LogP) is 0.285. The first-order valence-corrected chi connectivity index (χ1v) is 9.49. The van der Waals surface area contributed by atoms with Gasteiger partial charge in [-0.25, -0.2) is 8.42 Å². The number of carbonyl (C=O) groups is 2. The topological polar surface area (TPSA) is 92.3 Å². The fraction of sp³-hybridized carbons (Fsp3) is 0.500. The van der Waals surface area contributed by atoms with Gasteiger partial charge in [-0.05, 0) is 18.4 Å². The number of nitrogens with one attached hydrogen (secondary N) is 2. The zero-order valence-electron chi connectivity index (χ0n) is 13.1. The molecule has 6 nitrogen and oxygen atoms in total. The molecule has 1 aromatic rings. The highest BCUT2D eigenvalue weighted by molar-refractivity contribution is 7.91. The van der Waals surface area contributed by atoms with Crippen molar-refractivity contribution in [3.63, 3.8) is 0 Å². The van der Waals surface area contributed by atoms with Crippen LogP contribution in [0.5, 0.6) is 0 Å². The van der Waals surface area contributed by atoms with Crippen LogP contribution in [-0.2, 0) is 25.8 Å². The third-order valence-corrected chi connectivity index (χ3v) is 5.62. The molecule has 1 fully saturated rings. The average Bonchev–Trinajstić information content (AvgIpc) is 2.84. The van der Waals surface area contributed by atoms with E-state index < -0.39 is 9.84 Å². The maximum absolute atomic E-state index is 12.0. The highest BCUT2D eigenvalue weighted by Crippen LogP contribution is 2.11. The van der Waals surface area contributed by atoms with Gasteiger partial charge >= 0.3 is 0 Å². The molecule has 2 amide bonds. The van der Waals surface area contributed by atoms with Crippen LogP contribution in [0, 0.1) is 5.92 Å². The van der Waals surface area contributed by atoms with Crippen LogP contribution < -0.4 is 10.6 Å². The van der Waals surface area contributed by atoms with E-state index in [-0.39, 0.29) is 41.8 Å². The van der Waals surface area contributed by atoms with E-state index in [2.05, 4.69) is 10.6 Å². The maximum Gasteiger partial charge on any atom is 0.239 e. The number of carbonyl (C=O) groups excluding carboxylic acids is 2. The SMILES string of the molecule is C[C@H](Cc1ccccc1)C(=O)NCC(=O)N[C@H]1CCS(=O)(=O)C1. The van der Waals surface area contributed by atoms with Gasteiger partial charge in [-0.3, -0.25) is 9.59 Å². The minimum Gasteiger partial charge on any atom is -0.351 e. The van der Waals surface area contributed by atoms with Crippen LogP contribution in [0.2, 0.25) is 0 Å². The Bertz CT molecular complexity index is 658. The predicted molar refractivity (Wildman–Crippen MR) is 87.5 cm³/mol. The molecular formula is C16H22N2O4S. The second-order valence-electron chi connectivity index (χ2n) is 5.98. The molecule has 0 radical (unpaired) electrons. The minimum absolute atomic E-state index is 0.0168. The molecule has 1 heterocycles. The molecule has 0 aromatic heterocycles. The molecule has 0 spiro atoms. The summed E-state index contributed by atoms with van der Waals surface area (Å²) in [5.41, 5.74) is 1.07. The summed E-state index contributed by atoms with van der Waals surface area (Å²) in [6, 6.07) is 9.33. The smallest absolute Gasteiger partial charge is 0.239 e. The number of rotatable bonds is 6. The van der Waals surface area contributed by atoms with Crippen LogP contribution in [0.1, 0.15) is 18.9 Å². The van der Waals surface area contributed by atoms with Gasteiger partial charge in [0.2, 0.25) is 11.8 Å². The Labute approximate surface area is 136 Å². The van der Waals surface area contributed by atoms with Crippen molar-refractivity contribution in [2.75, 3.05) is 18.1 Å². The van der Waals surface area contributed by atoms with E-state index in [9.17, 15) is 18.0 Å². The normalized spacial score (nSPS) is 20.7. The van der Waals surface area contributed by atoms with Crippen molar-refractivity contribution in [2.45, 2.75) is 25.8 Å². The van der Waals surface area contributed by atoms with Gasteiger partial charge in [0, 0.05) is 12.0 Å². The molecule has 1 aliphatic heterocycles. The van der Waals surface area contributed by atoms with E-state index in [1.54, 1.807) is 0 Å². The lowest BCUT2D eigenvalue weighted by atomic mass is 10.0. The minimum atomic E-state index is -3.02. The Balaban J connectivity index is 1.72. The van der Waals surface area contributed by atoms with E-state index in [1.165, 1.54) is 0 Å². The fourth-order valence-electron chi connectivity index (χ4n) is 2.59. The van der Waals surface area contributed by atoms with Crippen LogP contribution in [0.25, 0.3) is 0 Å². The van der Waals surface area contributed by atoms with Crippen LogP contribution in [0.4, 0.5) is 0 Å². The van der Waals surface area contributed by atoms with Crippen LogP contribution in [0.15, 0.2) is 30.3 Å². The standard InChI is InChI=1S/C16H22N2O4S/c1-12(9-13-5-3-2-4-6-13)16(20)17-10-15(19)18-14-7-8-23(21,22)11-14/h2-6,12,14H,7-11H2,1H3,(H,17,20)(H,18,19)/t12-,14+/m1/s1. The highest BCUT2D eigenvalue weighted by Gasteiger charge is 2.28. The Morgan fingerprint density at radius 3 is 2.57 bits per heavy atom. The monoisotopic (exact) mass is 338 g/mol. The average molecular weight is 338 g/mol. The second kappa shape index (κ2) is 7.59. The first-order valence-electron chi connectivity index (χ1n) is 7.67. The molecule has 0 bridgehead atoms. The van der Waals surface area contributed by atoms with Gasteiger partial charge in [0.05, 0.1) is 18.1 Å². The lowest BCUT2D eigenvalue weighted by Crippen LogP contribution is -2.43. The van der Waals surface area contributed by atoms with E-state index in [4.69, 9.17) is 0 Å². The molecule has 2 rings (SSSR count). The van der Waals surface area contributed by atoms with Crippen LogP contribution >= 0.6 is 0 Å². The molecule has 0 saturated carbocycles. The molecule has 0 aliphatic carbocycles. The Hall–Kier alpha value is -1.89. The largest absolute Gasteiger partial charge is 0.351 e. The quantitative estimate of drug-likeness (QED) is 0.779. The van der Waals surface area contributed by atoms with E-state index in [1.807, 2.05) is 37.3 Å². The molecule has 2 N–H and O–H groups in total. The lowest BCUT2D eigenvalue weighted by Gasteiger charge is -2.14. The van der Waals surface area contributed by atoms with Crippen molar-refractivity contribution >= 4 is 21.7 Å². The number of sulfone groups is 1. The van der Waals surface area contributed by atoms with Crippen molar-refractivity contribution in [1.82, 2.24) is 10.6 Å². The van der Waals surface area contributed by atoms with Crippen LogP contribution in [-0.4, -0.2) is 44.3 Å². The fourth-order valence-corrected chi connectivity index (χ4v) is 4.26. The molecule has 1 aromatic carbocycles. The zero-order valence-corrected chi connectivity index (χ0v) is 13.9. The first kappa shape index (κ1) is 17.5. The second-order valence-corrected chi connectivity index (χ2v) is 8.20. The zero-order chi connectivity index (χ0) is 16.9. The summed E-state index contributed by atoms with van der Waals surface area (Å²) in [5, 5.41) is 5.24. The molecule has 23 heavy (non-hydrogen) atoms. The number of amides is 2. The summed E-state index contributed by atoms with van der Waals surface area (Å²) in [7, 11) is -3.02. The van der Waals surface area contributed by atoms with Gasteiger partial charge < -0.3 is 10.6 Å². The van der Waals surface area contributed by atoms with Crippen molar-refractivity contribution in [1.29, 1.82) is 0 Å². The van der Waals surface area contributed by atoms with Crippen LogP contribution in [0.3, 0.4) is 0 Å². The van der Waals surface area contributed by atoms with Crippen molar-refractivity contribution < 1.29 is 18.0 Å². The van der Waals surface area contributed by atoms with Gasteiger partial charge in [-0.15, -0.1) is 0 Å². The Morgan fingerprint density at radius 2 is 1.96 bits per heavy atom. The molecule has 126 valence electrons. The molecule has 1 saturated heterocycles. The van der Waals surface area contributed by atoms with Gasteiger partial charge in [-0.2, -0.15) is 0 Å². The summed E-state index contributed by atoms with van der Waals surface area (Å²) in [6.45, 7) is 1.68. The summed E-state index contributed by atoms with van der Waals surface area (Å²) >= 11 is 0. The van der Waals surface area contributed by atoms with E-state index in [0.29, 0.717) is 12.8 Å². The Kier molecular flexibility index (Phi) is 5.76. The highest BCUT2D eigenvalue weighted by atomic mass is 32.2. The summed E-state index contributed by atoms with van der Waals surface area (Å²) in [5.74, 6) is -0.692. The number of benzene rings is 1. The molecule has 0 unspecified atom stereocenters. The van der Waals surface area contributed by atoms with Crippen molar-refractivity contribution in [3.8, 4) is 0 Å². The first-order chi connectivity index (χ1) is 10.9. The van der Waals surface area contributed by atoms with Gasteiger partial charge in [-0.1, -0.05) is 37.3 Å². The van der Waals surface area contributed by atoms with E-state index >= 15 is 0 Å². The number of hydrogen-bond acceptors (Lipinski definition) is 4. The third kappa shape index (κ3) is 5.67. The number of hydrogen-bond donors (Lipinski definition) is 2. The molecular weight excluding hydrogens is 316 g/mol. The van der Waals surface area contributed by atoms with Crippen molar-refractivity contribution in [2.24, 2.45) is 5.92 Å². The van der Waals surface area contributed by atoms with Gasteiger partial charge in [0.25, 0.3) is 0 Å². The molecule has 7 heteroatoms. The maximum atomic E-state index is 12.0. The summed E-state index contributed by atoms with van der Waals surface area (Å²) in [4.78, 5) is 23.8. The van der Waals surface area contributed by atoms with Crippen molar-refractivity contribution in [3.05, 3.63) is 35.9 Å². The molecule has 2 atom stereocenters. The Morgan fingerprint density at radius 1 is 1.26 bits per heavy atom. The van der Waals surface area contributed by atoms with Gasteiger partial charge in [0.1, 0.15) is 0 Å². The summed E-state index contributed by atoms with van der Waals surface area (Å²) in [6.07, 6.45) is 1.04. The molecule has 1 aliphatic rings. The lowest BCUT2D eigenvalue weighted by molar-refractivity contribution is -0.128.